The van der Waals surface area contributed by atoms with Gasteiger partial charge in [-0.3, -0.25) is 4.68 Å². The Labute approximate surface area is 121 Å². The van der Waals surface area contributed by atoms with Crippen molar-refractivity contribution in [3.63, 3.8) is 0 Å². The van der Waals surface area contributed by atoms with Gasteiger partial charge in [-0.05, 0) is 29.8 Å². The number of rotatable bonds is 5. The molecular weight excluding hydrogens is 309 g/mol. The molecule has 5 heteroatoms. The standard InChI is InChI=1S/C14H17BrFN3/c1-10(2)17-8-14-3-4-18-19(14)9-11-5-12(15)7-13(16)6-11/h3-7,10,17H,8-9H2,1-2H3. The van der Waals surface area contributed by atoms with Gasteiger partial charge in [-0.25, -0.2) is 4.39 Å². The molecular formula is C14H17BrFN3. The van der Waals surface area contributed by atoms with Crippen LogP contribution in [0.5, 0.6) is 0 Å². The van der Waals surface area contributed by atoms with Crippen LogP contribution in [0.25, 0.3) is 0 Å². The Hall–Kier alpha value is -1.20. The fourth-order valence-corrected chi connectivity index (χ4v) is 2.35. The molecule has 0 saturated heterocycles. The van der Waals surface area contributed by atoms with E-state index in [-0.39, 0.29) is 5.82 Å². The summed E-state index contributed by atoms with van der Waals surface area (Å²) in [5, 5.41) is 7.64. The molecule has 0 amide bonds. The van der Waals surface area contributed by atoms with Crippen LogP contribution in [0.2, 0.25) is 0 Å². The van der Waals surface area contributed by atoms with Crippen molar-refractivity contribution in [3.8, 4) is 0 Å². The average molecular weight is 326 g/mol. The van der Waals surface area contributed by atoms with Crippen LogP contribution in [0.4, 0.5) is 4.39 Å². The Morgan fingerprint density at radius 2 is 2.16 bits per heavy atom. The van der Waals surface area contributed by atoms with Crippen molar-refractivity contribution < 1.29 is 4.39 Å². The highest BCUT2D eigenvalue weighted by Gasteiger charge is 2.06. The lowest BCUT2D eigenvalue weighted by molar-refractivity contribution is 0.546. The van der Waals surface area contributed by atoms with Gasteiger partial charge in [0.1, 0.15) is 5.82 Å². The number of hydrogen-bond donors (Lipinski definition) is 1. The molecule has 0 radical (unpaired) electrons. The normalized spacial score (nSPS) is 11.2. The van der Waals surface area contributed by atoms with Gasteiger partial charge in [0.15, 0.2) is 0 Å². The van der Waals surface area contributed by atoms with Gasteiger partial charge in [-0.1, -0.05) is 29.8 Å². The highest BCUT2D eigenvalue weighted by Crippen LogP contribution is 2.16. The van der Waals surface area contributed by atoms with Crippen LogP contribution < -0.4 is 5.32 Å². The summed E-state index contributed by atoms with van der Waals surface area (Å²) in [5.74, 6) is -0.238. The van der Waals surface area contributed by atoms with Crippen LogP contribution in [0, 0.1) is 5.82 Å². The first kappa shape index (κ1) is 14.2. The molecule has 3 nitrogen and oxygen atoms in total. The molecule has 2 rings (SSSR count). The molecule has 102 valence electrons. The second-order valence-corrected chi connectivity index (χ2v) is 5.71. The van der Waals surface area contributed by atoms with Crippen LogP contribution in [0.3, 0.4) is 0 Å². The van der Waals surface area contributed by atoms with Crippen LogP contribution in [-0.4, -0.2) is 15.8 Å². The summed E-state index contributed by atoms with van der Waals surface area (Å²) >= 11 is 3.30. The summed E-state index contributed by atoms with van der Waals surface area (Å²) in [6.07, 6.45) is 1.77. The number of nitrogens with zero attached hydrogens (tertiary/aromatic N) is 2. The zero-order valence-electron chi connectivity index (χ0n) is 11.0. The molecule has 19 heavy (non-hydrogen) atoms. The maximum absolute atomic E-state index is 13.3. The minimum atomic E-state index is -0.238. The molecule has 0 unspecified atom stereocenters. The average Bonchev–Trinajstić information content (AvgIpc) is 2.72. The van der Waals surface area contributed by atoms with E-state index in [4.69, 9.17) is 0 Å². The second kappa shape index (κ2) is 6.30. The van der Waals surface area contributed by atoms with Gasteiger partial charge < -0.3 is 5.32 Å². The van der Waals surface area contributed by atoms with Crippen molar-refractivity contribution in [1.29, 1.82) is 0 Å². The van der Waals surface area contributed by atoms with Gasteiger partial charge in [0.2, 0.25) is 0 Å². The molecule has 0 aliphatic rings. The van der Waals surface area contributed by atoms with Crippen molar-refractivity contribution in [3.05, 3.63) is 52.0 Å². The first-order valence-corrected chi connectivity index (χ1v) is 7.03. The summed E-state index contributed by atoms with van der Waals surface area (Å²) in [5.41, 5.74) is 1.98. The molecule has 1 N–H and O–H groups in total. The first-order valence-electron chi connectivity index (χ1n) is 6.23. The van der Waals surface area contributed by atoms with E-state index in [0.717, 1.165) is 22.3 Å². The molecule has 0 atom stereocenters. The summed E-state index contributed by atoms with van der Waals surface area (Å²) < 4.78 is 16.0. The lowest BCUT2D eigenvalue weighted by Gasteiger charge is -2.11. The predicted octanol–water partition coefficient (Wildman–Crippen LogP) is 3.33. The number of hydrogen-bond acceptors (Lipinski definition) is 2. The fraction of sp³-hybridized carbons (Fsp3) is 0.357. The maximum Gasteiger partial charge on any atom is 0.124 e. The van der Waals surface area contributed by atoms with Crippen molar-refractivity contribution in [2.45, 2.75) is 33.0 Å². The van der Waals surface area contributed by atoms with E-state index in [9.17, 15) is 4.39 Å². The van der Waals surface area contributed by atoms with Gasteiger partial charge >= 0.3 is 0 Å². The summed E-state index contributed by atoms with van der Waals surface area (Å²) in [6, 6.07) is 7.29. The van der Waals surface area contributed by atoms with Crippen molar-refractivity contribution in [1.82, 2.24) is 15.1 Å². The van der Waals surface area contributed by atoms with E-state index in [1.807, 2.05) is 16.8 Å². The molecule has 1 heterocycles. The Kier molecular flexibility index (Phi) is 4.71. The van der Waals surface area contributed by atoms with Gasteiger partial charge in [0, 0.05) is 23.3 Å². The largest absolute Gasteiger partial charge is 0.309 e. The topological polar surface area (TPSA) is 29.9 Å². The number of halogens is 2. The highest BCUT2D eigenvalue weighted by atomic mass is 79.9. The van der Waals surface area contributed by atoms with Gasteiger partial charge in [-0.2, -0.15) is 5.10 Å². The summed E-state index contributed by atoms with van der Waals surface area (Å²) in [4.78, 5) is 0. The Morgan fingerprint density at radius 1 is 1.37 bits per heavy atom. The minimum absolute atomic E-state index is 0.238. The third-order valence-electron chi connectivity index (χ3n) is 2.75. The smallest absolute Gasteiger partial charge is 0.124 e. The molecule has 0 aliphatic carbocycles. The third-order valence-corrected chi connectivity index (χ3v) is 3.21. The van der Waals surface area contributed by atoms with Gasteiger partial charge in [-0.15, -0.1) is 0 Å². The van der Waals surface area contributed by atoms with Gasteiger partial charge in [0.05, 0.1) is 12.2 Å². The molecule has 0 saturated carbocycles. The number of benzene rings is 1. The van der Waals surface area contributed by atoms with E-state index in [0.29, 0.717) is 12.6 Å². The zero-order chi connectivity index (χ0) is 13.8. The number of aromatic nitrogens is 2. The number of nitrogens with one attached hydrogen (secondary N) is 1. The van der Waals surface area contributed by atoms with E-state index >= 15 is 0 Å². The van der Waals surface area contributed by atoms with E-state index in [2.05, 4.69) is 40.2 Å². The van der Waals surface area contributed by atoms with Gasteiger partial charge in [0.25, 0.3) is 0 Å². The van der Waals surface area contributed by atoms with Crippen LogP contribution in [0.1, 0.15) is 25.1 Å². The quantitative estimate of drug-likeness (QED) is 0.913. The van der Waals surface area contributed by atoms with E-state index < -0.39 is 0 Å². The maximum atomic E-state index is 13.3. The molecule has 0 aliphatic heterocycles. The van der Waals surface area contributed by atoms with Crippen molar-refractivity contribution >= 4 is 15.9 Å². The monoisotopic (exact) mass is 325 g/mol. The third kappa shape index (κ3) is 4.14. The highest BCUT2D eigenvalue weighted by molar-refractivity contribution is 9.10. The Bertz CT molecular complexity index is 531. The van der Waals surface area contributed by atoms with Crippen LogP contribution in [-0.2, 0) is 13.1 Å². The zero-order valence-corrected chi connectivity index (χ0v) is 12.6. The summed E-state index contributed by atoms with van der Waals surface area (Å²) in [7, 11) is 0. The minimum Gasteiger partial charge on any atom is -0.309 e. The van der Waals surface area contributed by atoms with E-state index in [1.54, 1.807) is 6.20 Å². The van der Waals surface area contributed by atoms with Crippen LogP contribution >= 0.6 is 15.9 Å². The van der Waals surface area contributed by atoms with E-state index in [1.165, 1.54) is 12.1 Å². The first-order chi connectivity index (χ1) is 9.04. The molecule has 0 fully saturated rings. The lowest BCUT2D eigenvalue weighted by Crippen LogP contribution is -2.23. The SMILES string of the molecule is CC(C)NCc1ccnn1Cc1cc(F)cc(Br)c1. The van der Waals surface area contributed by atoms with Crippen molar-refractivity contribution in [2.24, 2.45) is 0 Å². The lowest BCUT2D eigenvalue weighted by atomic mass is 10.2. The Morgan fingerprint density at radius 3 is 2.84 bits per heavy atom. The van der Waals surface area contributed by atoms with Crippen molar-refractivity contribution in [2.75, 3.05) is 0 Å². The summed E-state index contributed by atoms with van der Waals surface area (Å²) in [6.45, 7) is 5.53. The predicted molar refractivity (Wildman–Crippen MR) is 77.4 cm³/mol. The fourth-order valence-electron chi connectivity index (χ4n) is 1.84. The molecule has 0 bridgehead atoms. The molecule has 2 aromatic rings. The second-order valence-electron chi connectivity index (χ2n) is 4.79. The van der Waals surface area contributed by atoms with Crippen LogP contribution in [0.15, 0.2) is 34.9 Å². The molecule has 1 aromatic carbocycles. The molecule has 1 aromatic heterocycles. The Balaban J connectivity index is 2.12. The molecule has 0 spiro atoms.